The Morgan fingerprint density at radius 1 is 1.73 bits per heavy atom. The summed E-state index contributed by atoms with van der Waals surface area (Å²) in [4.78, 5) is 3.97. The van der Waals surface area contributed by atoms with Crippen LogP contribution in [0.4, 0.5) is 0 Å². The monoisotopic (exact) mass is 172 g/mol. The van der Waals surface area contributed by atoms with E-state index in [2.05, 4.69) is 10.3 Å². The zero-order valence-corrected chi connectivity index (χ0v) is 7.24. The lowest BCUT2D eigenvalue weighted by molar-refractivity contribution is 0.812. The standard InChI is InChI=1S/C8H11ClN2/c1-6-3-4-7(5-10-2)8(9)11-6/h3-4,10H,5H2,1-2H3/i5D2. The minimum atomic E-state index is -1.63. The molecule has 0 atom stereocenters. The summed E-state index contributed by atoms with van der Waals surface area (Å²) in [6.45, 7) is 0.183. The number of aryl methyl sites for hydroxylation is 1. The van der Waals surface area contributed by atoms with Crippen molar-refractivity contribution in [1.82, 2.24) is 10.3 Å². The van der Waals surface area contributed by atoms with Crippen LogP contribution in [0.2, 0.25) is 5.15 Å². The van der Waals surface area contributed by atoms with Crippen LogP contribution in [0.25, 0.3) is 0 Å². The van der Waals surface area contributed by atoms with Crippen molar-refractivity contribution in [1.29, 1.82) is 0 Å². The van der Waals surface area contributed by atoms with E-state index in [4.69, 9.17) is 14.3 Å². The fourth-order valence-corrected chi connectivity index (χ4v) is 0.996. The van der Waals surface area contributed by atoms with Gasteiger partial charge in [0.25, 0.3) is 0 Å². The second-order valence-corrected chi connectivity index (χ2v) is 2.52. The molecule has 0 aliphatic carbocycles. The predicted molar refractivity (Wildman–Crippen MR) is 46.7 cm³/mol. The molecule has 0 aliphatic heterocycles. The van der Waals surface area contributed by atoms with E-state index in [1.54, 1.807) is 12.1 Å². The van der Waals surface area contributed by atoms with Crippen molar-refractivity contribution < 1.29 is 2.74 Å². The Morgan fingerprint density at radius 2 is 2.45 bits per heavy atom. The van der Waals surface area contributed by atoms with E-state index in [0.29, 0.717) is 5.56 Å². The summed E-state index contributed by atoms with van der Waals surface area (Å²) in [7, 11) is 1.54. The molecule has 0 aliphatic rings. The van der Waals surface area contributed by atoms with Crippen molar-refractivity contribution in [2.75, 3.05) is 7.05 Å². The molecule has 0 saturated heterocycles. The Kier molecular flexibility index (Phi) is 2.01. The largest absolute Gasteiger partial charge is 0.316 e. The second-order valence-electron chi connectivity index (χ2n) is 2.17. The Bertz CT molecular complexity index is 315. The highest BCUT2D eigenvalue weighted by molar-refractivity contribution is 6.30. The van der Waals surface area contributed by atoms with E-state index in [0.717, 1.165) is 5.69 Å². The topological polar surface area (TPSA) is 24.9 Å². The Labute approximate surface area is 74.4 Å². The van der Waals surface area contributed by atoms with Crippen LogP contribution < -0.4 is 5.32 Å². The third kappa shape index (κ3) is 2.17. The van der Waals surface area contributed by atoms with Crippen LogP contribution in [0.3, 0.4) is 0 Å². The van der Waals surface area contributed by atoms with Crippen LogP contribution in [0.5, 0.6) is 0 Å². The maximum absolute atomic E-state index is 7.56. The van der Waals surface area contributed by atoms with E-state index in [1.807, 2.05) is 6.92 Å². The zero-order chi connectivity index (χ0) is 10.1. The molecule has 2 nitrogen and oxygen atoms in total. The SMILES string of the molecule is [2H]C([2H])(NC)c1ccc(C)nc1Cl. The Hall–Kier alpha value is -0.600. The minimum absolute atomic E-state index is 0.208. The lowest BCUT2D eigenvalue weighted by Crippen LogP contribution is -2.06. The highest BCUT2D eigenvalue weighted by Crippen LogP contribution is 2.12. The van der Waals surface area contributed by atoms with Gasteiger partial charge in [-0.25, -0.2) is 4.98 Å². The number of hydrogen-bond acceptors (Lipinski definition) is 2. The average molecular weight is 173 g/mol. The van der Waals surface area contributed by atoms with E-state index in [-0.39, 0.29) is 5.15 Å². The number of halogens is 1. The Balaban J connectivity index is 3.16. The van der Waals surface area contributed by atoms with Gasteiger partial charge in [-0.2, -0.15) is 0 Å². The van der Waals surface area contributed by atoms with Crippen molar-refractivity contribution >= 4 is 11.6 Å². The summed E-state index contributed by atoms with van der Waals surface area (Å²) < 4.78 is 15.1. The minimum Gasteiger partial charge on any atom is -0.316 e. The maximum Gasteiger partial charge on any atom is 0.133 e. The zero-order valence-electron chi connectivity index (χ0n) is 8.48. The number of aromatic nitrogens is 1. The number of nitrogens with one attached hydrogen (secondary N) is 1. The molecule has 1 aromatic rings. The lowest BCUT2D eigenvalue weighted by Gasteiger charge is -2.02. The van der Waals surface area contributed by atoms with Gasteiger partial charge in [-0.15, -0.1) is 0 Å². The first-order valence-corrected chi connectivity index (χ1v) is 3.67. The van der Waals surface area contributed by atoms with Gasteiger partial charge < -0.3 is 5.32 Å². The van der Waals surface area contributed by atoms with Gasteiger partial charge in [0, 0.05) is 20.5 Å². The maximum atomic E-state index is 7.56. The second kappa shape index (κ2) is 3.69. The summed E-state index contributed by atoms with van der Waals surface area (Å²) in [6, 6.07) is 3.37. The molecule has 0 bridgehead atoms. The molecule has 1 heterocycles. The van der Waals surface area contributed by atoms with Gasteiger partial charge in [0.05, 0.1) is 0 Å². The summed E-state index contributed by atoms with van der Waals surface area (Å²) in [5.41, 5.74) is 1.14. The smallest absolute Gasteiger partial charge is 0.133 e. The summed E-state index contributed by atoms with van der Waals surface area (Å²) in [5, 5.41) is 2.73. The van der Waals surface area contributed by atoms with Crippen LogP contribution in [-0.4, -0.2) is 12.0 Å². The molecular formula is C8H11ClN2. The van der Waals surface area contributed by atoms with Crippen LogP contribution >= 0.6 is 11.6 Å². The molecule has 0 unspecified atom stereocenters. The fourth-order valence-electron chi connectivity index (χ4n) is 0.753. The van der Waals surface area contributed by atoms with Crippen molar-refractivity contribution in [2.45, 2.75) is 13.4 Å². The van der Waals surface area contributed by atoms with Gasteiger partial charge in [-0.1, -0.05) is 17.7 Å². The summed E-state index contributed by atoms with van der Waals surface area (Å²) in [5.74, 6) is 0. The van der Waals surface area contributed by atoms with Crippen molar-refractivity contribution in [3.8, 4) is 0 Å². The molecular weight excluding hydrogens is 160 g/mol. The molecule has 3 heteroatoms. The first-order chi connectivity index (χ1) is 5.97. The van der Waals surface area contributed by atoms with Gasteiger partial charge in [-0.05, 0) is 20.0 Å². The molecule has 0 saturated carbocycles. The molecule has 0 aromatic carbocycles. The fraction of sp³-hybridized carbons (Fsp3) is 0.375. The molecule has 1 aromatic heterocycles. The van der Waals surface area contributed by atoms with Crippen molar-refractivity contribution in [3.63, 3.8) is 0 Å². The lowest BCUT2D eigenvalue weighted by atomic mass is 10.2. The van der Waals surface area contributed by atoms with Gasteiger partial charge in [0.1, 0.15) is 5.15 Å². The number of hydrogen-bond donors (Lipinski definition) is 1. The van der Waals surface area contributed by atoms with Gasteiger partial charge in [-0.3, -0.25) is 0 Å². The third-order valence-electron chi connectivity index (χ3n) is 1.25. The quantitative estimate of drug-likeness (QED) is 0.688. The predicted octanol–water partition coefficient (Wildman–Crippen LogP) is 1.76. The van der Waals surface area contributed by atoms with Crippen LogP contribution in [0.15, 0.2) is 12.1 Å². The molecule has 1 N–H and O–H groups in total. The first kappa shape index (κ1) is 5.98. The summed E-state index contributed by atoms with van der Waals surface area (Å²) >= 11 is 5.80. The highest BCUT2D eigenvalue weighted by Gasteiger charge is 1.98. The van der Waals surface area contributed by atoms with E-state index < -0.39 is 6.50 Å². The van der Waals surface area contributed by atoms with Crippen LogP contribution in [0, 0.1) is 6.92 Å². The van der Waals surface area contributed by atoms with Gasteiger partial charge >= 0.3 is 0 Å². The van der Waals surface area contributed by atoms with Gasteiger partial charge in [0.2, 0.25) is 0 Å². The molecule has 0 radical (unpaired) electrons. The number of rotatable bonds is 2. The van der Waals surface area contributed by atoms with Crippen molar-refractivity contribution in [3.05, 3.63) is 28.5 Å². The van der Waals surface area contributed by atoms with Crippen molar-refractivity contribution in [2.24, 2.45) is 0 Å². The molecule has 11 heavy (non-hydrogen) atoms. The summed E-state index contributed by atoms with van der Waals surface area (Å²) in [6.07, 6.45) is 0. The number of pyridine rings is 1. The first-order valence-electron chi connectivity index (χ1n) is 4.30. The normalized spacial score (nSPS) is 14.1. The third-order valence-corrected chi connectivity index (χ3v) is 1.54. The molecule has 0 fully saturated rings. The van der Waals surface area contributed by atoms with Crippen LogP contribution in [0.1, 0.15) is 14.0 Å². The Morgan fingerprint density at radius 3 is 3.00 bits per heavy atom. The number of nitrogens with zero attached hydrogens (tertiary/aromatic N) is 1. The molecule has 60 valence electrons. The van der Waals surface area contributed by atoms with E-state index in [1.165, 1.54) is 7.05 Å². The van der Waals surface area contributed by atoms with E-state index in [9.17, 15) is 0 Å². The molecule has 0 amide bonds. The molecule has 0 spiro atoms. The van der Waals surface area contributed by atoms with Crippen LogP contribution in [-0.2, 0) is 6.50 Å². The average Bonchev–Trinajstić information content (AvgIpc) is 2.03. The highest BCUT2D eigenvalue weighted by atomic mass is 35.5. The van der Waals surface area contributed by atoms with E-state index >= 15 is 0 Å². The van der Waals surface area contributed by atoms with Gasteiger partial charge in [0.15, 0.2) is 0 Å². The molecule has 1 rings (SSSR count).